The third-order valence-corrected chi connectivity index (χ3v) is 1.98. The minimum absolute atomic E-state index is 0.598. The normalized spacial score (nSPS) is 11.7. The standard InChI is InChI=1S/C8H3F6NO2/c1-2-4(9)6(11)3(8(12,13)14)7(5(2)10)15(16)17/h1H3. The lowest BCUT2D eigenvalue weighted by molar-refractivity contribution is -0.391. The van der Waals surface area contributed by atoms with Crippen LogP contribution in [-0.4, -0.2) is 4.92 Å². The van der Waals surface area contributed by atoms with Gasteiger partial charge in [0, 0.05) is 5.56 Å². The van der Waals surface area contributed by atoms with Gasteiger partial charge in [-0.1, -0.05) is 0 Å². The monoisotopic (exact) mass is 259 g/mol. The molecule has 0 aliphatic carbocycles. The molecule has 0 unspecified atom stereocenters. The Kier molecular flexibility index (Phi) is 3.04. The molecule has 17 heavy (non-hydrogen) atoms. The summed E-state index contributed by atoms with van der Waals surface area (Å²) in [7, 11) is 0. The molecule has 0 radical (unpaired) electrons. The van der Waals surface area contributed by atoms with Gasteiger partial charge in [0.15, 0.2) is 17.2 Å². The molecule has 0 aromatic heterocycles. The Morgan fingerprint density at radius 3 is 1.88 bits per heavy atom. The van der Waals surface area contributed by atoms with Gasteiger partial charge in [0.1, 0.15) is 0 Å². The Hall–Kier alpha value is -1.80. The first-order valence-electron chi connectivity index (χ1n) is 3.97. The molecule has 1 aromatic carbocycles. The molecule has 0 aliphatic rings. The van der Waals surface area contributed by atoms with E-state index < -0.39 is 45.4 Å². The van der Waals surface area contributed by atoms with Crippen molar-refractivity contribution in [3.63, 3.8) is 0 Å². The summed E-state index contributed by atoms with van der Waals surface area (Å²) in [6.45, 7) is 0.598. The van der Waals surface area contributed by atoms with Crippen LogP contribution in [0.4, 0.5) is 32.0 Å². The molecular formula is C8H3F6NO2. The van der Waals surface area contributed by atoms with Crippen molar-refractivity contribution in [2.45, 2.75) is 13.1 Å². The van der Waals surface area contributed by atoms with E-state index in [4.69, 9.17) is 0 Å². The number of benzene rings is 1. The third kappa shape index (κ3) is 2.04. The molecular weight excluding hydrogens is 256 g/mol. The van der Waals surface area contributed by atoms with Gasteiger partial charge in [-0.25, -0.2) is 8.78 Å². The summed E-state index contributed by atoms with van der Waals surface area (Å²) in [4.78, 5) is 8.54. The number of hydrogen-bond donors (Lipinski definition) is 0. The van der Waals surface area contributed by atoms with E-state index in [0.29, 0.717) is 6.92 Å². The molecule has 1 aromatic rings. The van der Waals surface area contributed by atoms with E-state index in [1.54, 1.807) is 0 Å². The highest BCUT2D eigenvalue weighted by Gasteiger charge is 2.46. The fourth-order valence-corrected chi connectivity index (χ4v) is 1.19. The van der Waals surface area contributed by atoms with Crippen LogP contribution in [-0.2, 0) is 6.18 Å². The van der Waals surface area contributed by atoms with Crippen LogP contribution in [0.1, 0.15) is 11.1 Å². The molecule has 9 heteroatoms. The Bertz CT molecular complexity index is 496. The highest BCUT2D eigenvalue weighted by molar-refractivity contribution is 5.48. The zero-order valence-electron chi connectivity index (χ0n) is 8.03. The van der Waals surface area contributed by atoms with E-state index in [-0.39, 0.29) is 0 Å². The zero-order chi connectivity index (χ0) is 13.5. The van der Waals surface area contributed by atoms with E-state index in [2.05, 4.69) is 0 Å². The minimum atomic E-state index is -5.57. The van der Waals surface area contributed by atoms with Crippen LogP contribution >= 0.6 is 0 Å². The van der Waals surface area contributed by atoms with E-state index >= 15 is 0 Å². The lowest BCUT2D eigenvalue weighted by Crippen LogP contribution is -2.16. The van der Waals surface area contributed by atoms with Gasteiger partial charge < -0.3 is 0 Å². The molecule has 0 saturated carbocycles. The molecule has 0 fully saturated rings. The summed E-state index contributed by atoms with van der Waals surface area (Å²) in [5.74, 6) is -6.62. The molecule has 0 atom stereocenters. The van der Waals surface area contributed by atoms with Crippen molar-refractivity contribution in [2.75, 3.05) is 0 Å². The number of nitro groups is 1. The van der Waals surface area contributed by atoms with Crippen molar-refractivity contribution in [2.24, 2.45) is 0 Å². The van der Waals surface area contributed by atoms with Crippen molar-refractivity contribution in [3.05, 3.63) is 38.7 Å². The highest BCUT2D eigenvalue weighted by Crippen LogP contribution is 2.41. The van der Waals surface area contributed by atoms with Gasteiger partial charge in [-0.2, -0.15) is 17.6 Å². The van der Waals surface area contributed by atoms with Crippen LogP contribution in [0.5, 0.6) is 0 Å². The first-order chi connectivity index (χ1) is 7.59. The van der Waals surface area contributed by atoms with Crippen LogP contribution in [0.3, 0.4) is 0 Å². The van der Waals surface area contributed by atoms with Gasteiger partial charge in [0.2, 0.25) is 5.82 Å². The largest absolute Gasteiger partial charge is 0.426 e. The van der Waals surface area contributed by atoms with E-state index in [9.17, 15) is 36.5 Å². The minimum Gasteiger partial charge on any atom is -0.258 e. The summed E-state index contributed by atoms with van der Waals surface area (Å²) >= 11 is 0. The van der Waals surface area contributed by atoms with Gasteiger partial charge in [-0.3, -0.25) is 10.1 Å². The maximum absolute atomic E-state index is 13.1. The van der Waals surface area contributed by atoms with E-state index in [1.165, 1.54) is 0 Å². The van der Waals surface area contributed by atoms with Crippen molar-refractivity contribution in [3.8, 4) is 0 Å². The average molecular weight is 259 g/mol. The molecule has 0 saturated heterocycles. The first kappa shape index (κ1) is 13.3. The maximum atomic E-state index is 13.1. The molecule has 0 heterocycles. The average Bonchev–Trinajstić information content (AvgIpc) is 2.17. The second kappa shape index (κ2) is 3.90. The lowest BCUT2D eigenvalue weighted by Gasteiger charge is -2.11. The van der Waals surface area contributed by atoms with Gasteiger partial charge >= 0.3 is 11.9 Å². The summed E-state index contributed by atoms with van der Waals surface area (Å²) in [5, 5.41) is 10.3. The fraction of sp³-hybridized carbons (Fsp3) is 0.250. The molecule has 3 nitrogen and oxygen atoms in total. The van der Waals surface area contributed by atoms with Crippen LogP contribution in [0.25, 0.3) is 0 Å². The topological polar surface area (TPSA) is 43.1 Å². The SMILES string of the molecule is Cc1c(F)c(F)c(C(F)(F)F)c([N+](=O)[O-])c1F. The Morgan fingerprint density at radius 1 is 1.06 bits per heavy atom. The maximum Gasteiger partial charge on any atom is 0.426 e. The molecule has 1 rings (SSSR count). The number of nitrogens with zero attached hydrogens (tertiary/aromatic N) is 1. The quantitative estimate of drug-likeness (QED) is 0.336. The summed E-state index contributed by atoms with van der Waals surface area (Å²) in [6.07, 6.45) is -5.57. The van der Waals surface area contributed by atoms with Crippen molar-refractivity contribution in [1.29, 1.82) is 0 Å². The second-order valence-electron chi connectivity index (χ2n) is 3.05. The van der Waals surface area contributed by atoms with Gasteiger partial charge in [0.05, 0.1) is 4.92 Å². The lowest BCUT2D eigenvalue weighted by atomic mass is 10.1. The smallest absolute Gasteiger partial charge is 0.258 e. The summed E-state index contributed by atoms with van der Waals surface area (Å²) < 4.78 is 75.9. The van der Waals surface area contributed by atoms with Crippen LogP contribution in [0.15, 0.2) is 0 Å². The number of hydrogen-bond acceptors (Lipinski definition) is 2. The van der Waals surface area contributed by atoms with E-state index in [1.807, 2.05) is 0 Å². The third-order valence-electron chi connectivity index (χ3n) is 1.98. The molecule has 0 N–H and O–H groups in total. The Balaban J connectivity index is 3.86. The molecule has 0 spiro atoms. The fourth-order valence-electron chi connectivity index (χ4n) is 1.19. The molecule has 94 valence electrons. The zero-order valence-corrected chi connectivity index (χ0v) is 8.03. The van der Waals surface area contributed by atoms with Gasteiger partial charge in [-0.05, 0) is 6.92 Å². The summed E-state index contributed by atoms with van der Waals surface area (Å²) in [5.41, 5.74) is -5.85. The molecule has 0 amide bonds. The molecule has 0 aliphatic heterocycles. The number of nitro benzene ring substituents is 1. The predicted octanol–water partition coefficient (Wildman–Crippen LogP) is 3.34. The van der Waals surface area contributed by atoms with Crippen molar-refractivity contribution in [1.82, 2.24) is 0 Å². The predicted molar refractivity (Wildman–Crippen MR) is 42.7 cm³/mol. The highest BCUT2D eigenvalue weighted by atomic mass is 19.4. The first-order valence-corrected chi connectivity index (χ1v) is 3.97. The van der Waals surface area contributed by atoms with Crippen LogP contribution < -0.4 is 0 Å². The summed E-state index contributed by atoms with van der Waals surface area (Å²) in [6, 6.07) is 0. The van der Waals surface area contributed by atoms with E-state index in [0.717, 1.165) is 0 Å². The Labute approximate surface area is 89.8 Å². The number of rotatable bonds is 1. The Morgan fingerprint density at radius 2 is 1.53 bits per heavy atom. The second-order valence-corrected chi connectivity index (χ2v) is 3.05. The van der Waals surface area contributed by atoms with Gasteiger partial charge in [0.25, 0.3) is 0 Å². The van der Waals surface area contributed by atoms with Crippen molar-refractivity contribution >= 4 is 5.69 Å². The number of alkyl halides is 3. The van der Waals surface area contributed by atoms with Crippen LogP contribution in [0, 0.1) is 34.5 Å². The van der Waals surface area contributed by atoms with Gasteiger partial charge in [-0.15, -0.1) is 0 Å². The number of halogens is 6. The van der Waals surface area contributed by atoms with Crippen molar-refractivity contribution < 1.29 is 31.3 Å². The van der Waals surface area contributed by atoms with Crippen LogP contribution in [0.2, 0.25) is 0 Å². The molecule has 0 bridgehead atoms.